The van der Waals surface area contributed by atoms with Crippen molar-refractivity contribution in [2.45, 2.75) is 51.0 Å². The largest absolute Gasteiger partial charge is 0.493 e. The number of benzene rings is 2. The second-order valence-corrected chi connectivity index (χ2v) is 12.6. The third-order valence-electron chi connectivity index (χ3n) is 6.84. The highest BCUT2D eigenvalue weighted by Crippen LogP contribution is 2.45. The first-order valence-electron chi connectivity index (χ1n) is 12.2. The molecule has 0 radical (unpaired) electrons. The van der Waals surface area contributed by atoms with Gasteiger partial charge in [-0.3, -0.25) is 4.79 Å². The molecule has 0 aromatic heterocycles. The van der Waals surface area contributed by atoms with Crippen LogP contribution < -0.4 is 9.46 Å². The van der Waals surface area contributed by atoms with E-state index < -0.39 is 21.7 Å². The lowest BCUT2D eigenvalue weighted by molar-refractivity contribution is 0.0977. The van der Waals surface area contributed by atoms with Gasteiger partial charge in [0.2, 0.25) is 10.0 Å². The summed E-state index contributed by atoms with van der Waals surface area (Å²) in [6.45, 7) is 4.56. The summed E-state index contributed by atoms with van der Waals surface area (Å²) < 4.78 is 45.4. The smallest absolute Gasteiger partial charge is 0.267 e. The van der Waals surface area contributed by atoms with Gasteiger partial charge in [0, 0.05) is 22.2 Å². The Kier molecular flexibility index (Phi) is 8.49. The average molecular weight is 558 g/mol. The van der Waals surface area contributed by atoms with Crippen molar-refractivity contribution in [3.8, 4) is 5.75 Å². The number of carbonyl (C=O) groups is 1. The molecule has 1 saturated carbocycles. The Morgan fingerprint density at radius 1 is 1.11 bits per heavy atom. The van der Waals surface area contributed by atoms with Crippen molar-refractivity contribution in [3.63, 3.8) is 0 Å². The maximum atomic E-state index is 14.7. The number of nitrogens with one attached hydrogen (secondary N) is 1. The van der Waals surface area contributed by atoms with Crippen molar-refractivity contribution in [3.05, 3.63) is 62.9 Å². The van der Waals surface area contributed by atoms with Crippen molar-refractivity contribution in [2.24, 2.45) is 5.92 Å². The second-order valence-electron chi connectivity index (χ2n) is 9.97. The normalized spacial score (nSPS) is 18.1. The molecule has 1 saturated heterocycles. The first-order chi connectivity index (χ1) is 17.0. The van der Waals surface area contributed by atoms with E-state index in [0.29, 0.717) is 34.4 Å². The number of likely N-dealkylation sites (tertiary alicyclic amines) is 1. The SMILES string of the molecule is CC(Cc1cc(Cl)cc(Cl)c1)N1CCC(COc2cc(F)c(C(=O)NS(C)(=O)=O)cc2C2CC2)CC1. The molecule has 0 spiro atoms. The molecule has 1 N–H and O–H groups in total. The molecular formula is C26H31Cl2FN2O4S. The second kappa shape index (κ2) is 11.3. The lowest BCUT2D eigenvalue weighted by Gasteiger charge is -2.36. The van der Waals surface area contributed by atoms with Gasteiger partial charge in [-0.25, -0.2) is 17.5 Å². The highest BCUT2D eigenvalue weighted by Gasteiger charge is 2.31. The summed E-state index contributed by atoms with van der Waals surface area (Å²) in [6.07, 6.45) is 5.53. The fourth-order valence-electron chi connectivity index (χ4n) is 4.77. The van der Waals surface area contributed by atoms with E-state index >= 15 is 0 Å². The van der Waals surface area contributed by atoms with Crippen LogP contribution in [0.15, 0.2) is 30.3 Å². The van der Waals surface area contributed by atoms with Gasteiger partial charge in [-0.2, -0.15) is 0 Å². The minimum Gasteiger partial charge on any atom is -0.493 e. The number of hydrogen-bond donors (Lipinski definition) is 1. The molecule has 6 nitrogen and oxygen atoms in total. The van der Waals surface area contributed by atoms with Crippen LogP contribution in [0.2, 0.25) is 10.0 Å². The molecule has 1 unspecified atom stereocenters. The monoisotopic (exact) mass is 556 g/mol. The molecule has 1 amide bonds. The molecule has 2 aromatic rings. The zero-order chi connectivity index (χ0) is 26.0. The average Bonchev–Trinajstić information content (AvgIpc) is 3.61. The Balaban J connectivity index is 1.33. The van der Waals surface area contributed by atoms with E-state index in [0.717, 1.165) is 62.6 Å². The zero-order valence-electron chi connectivity index (χ0n) is 20.4. The Bertz CT molecular complexity index is 1210. The van der Waals surface area contributed by atoms with Crippen LogP contribution in [-0.4, -0.2) is 51.2 Å². The van der Waals surface area contributed by atoms with Gasteiger partial charge in [-0.05, 0) is 99.3 Å². The summed E-state index contributed by atoms with van der Waals surface area (Å²) in [5.74, 6) is -0.768. The lowest BCUT2D eigenvalue weighted by atomic mass is 9.95. The number of amides is 1. The molecule has 0 bridgehead atoms. The lowest BCUT2D eigenvalue weighted by Crippen LogP contribution is -2.42. The quantitative estimate of drug-likeness (QED) is 0.446. The van der Waals surface area contributed by atoms with E-state index in [1.165, 1.54) is 12.1 Å². The predicted molar refractivity (Wildman–Crippen MR) is 140 cm³/mol. The van der Waals surface area contributed by atoms with Crippen LogP contribution in [0.1, 0.15) is 60.0 Å². The minimum atomic E-state index is -3.79. The molecule has 1 heterocycles. The molecule has 196 valence electrons. The van der Waals surface area contributed by atoms with Gasteiger partial charge in [-0.1, -0.05) is 23.2 Å². The molecule has 2 aliphatic rings. The summed E-state index contributed by atoms with van der Waals surface area (Å²) in [6, 6.07) is 8.66. The topological polar surface area (TPSA) is 75.7 Å². The Morgan fingerprint density at radius 3 is 2.33 bits per heavy atom. The molecule has 2 aromatic carbocycles. The molecule has 1 aliphatic carbocycles. The summed E-state index contributed by atoms with van der Waals surface area (Å²) in [4.78, 5) is 14.7. The van der Waals surface area contributed by atoms with Crippen molar-refractivity contribution >= 4 is 39.1 Å². The summed E-state index contributed by atoms with van der Waals surface area (Å²) in [7, 11) is -3.79. The minimum absolute atomic E-state index is 0.202. The highest BCUT2D eigenvalue weighted by molar-refractivity contribution is 7.89. The van der Waals surface area contributed by atoms with E-state index in [-0.39, 0.29) is 11.5 Å². The van der Waals surface area contributed by atoms with Crippen LogP contribution in [-0.2, 0) is 16.4 Å². The fraction of sp³-hybridized carbons (Fsp3) is 0.500. The Morgan fingerprint density at radius 2 is 1.75 bits per heavy atom. The third-order valence-corrected chi connectivity index (χ3v) is 7.83. The van der Waals surface area contributed by atoms with Gasteiger partial charge in [0.15, 0.2) is 0 Å². The molecule has 2 fully saturated rings. The number of carbonyl (C=O) groups excluding carboxylic acids is 1. The number of hydrogen-bond acceptors (Lipinski definition) is 5. The fourth-order valence-corrected chi connectivity index (χ4v) is 5.79. The number of ether oxygens (including phenoxy) is 1. The molecule has 1 aliphatic heterocycles. The molecule has 36 heavy (non-hydrogen) atoms. The zero-order valence-corrected chi connectivity index (χ0v) is 22.7. The van der Waals surface area contributed by atoms with E-state index in [1.807, 2.05) is 16.9 Å². The predicted octanol–water partition coefficient (Wildman–Crippen LogP) is 5.42. The number of sulfonamides is 1. The van der Waals surface area contributed by atoms with Crippen molar-refractivity contribution in [1.82, 2.24) is 9.62 Å². The van der Waals surface area contributed by atoms with Crippen molar-refractivity contribution in [1.29, 1.82) is 0 Å². The molecule has 4 rings (SSSR count). The van der Waals surface area contributed by atoms with Crippen molar-refractivity contribution < 1.29 is 22.3 Å². The van der Waals surface area contributed by atoms with E-state index in [9.17, 15) is 17.6 Å². The van der Waals surface area contributed by atoms with Gasteiger partial charge < -0.3 is 9.64 Å². The van der Waals surface area contributed by atoms with E-state index in [1.54, 1.807) is 6.07 Å². The van der Waals surface area contributed by atoms with E-state index in [4.69, 9.17) is 27.9 Å². The van der Waals surface area contributed by atoms with Gasteiger partial charge in [0.05, 0.1) is 18.4 Å². The molecule has 1 atom stereocenters. The third kappa shape index (κ3) is 7.34. The first-order valence-corrected chi connectivity index (χ1v) is 14.8. The Hall–Kier alpha value is -1.87. The summed E-state index contributed by atoms with van der Waals surface area (Å²) in [5.41, 5.74) is 1.60. The molecular weight excluding hydrogens is 526 g/mol. The van der Waals surface area contributed by atoms with Crippen LogP contribution in [0.5, 0.6) is 5.75 Å². The maximum absolute atomic E-state index is 14.7. The van der Waals surface area contributed by atoms with Crippen LogP contribution >= 0.6 is 23.2 Å². The van der Waals surface area contributed by atoms with E-state index in [2.05, 4.69) is 11.8 Å². The number of halogens is 3. The maximum Gasteiger partial charge on any atom is 0.267 e. The summed E-state index contributed by atoms with van der Waals surface area (Å²) >= 11 is 12.3. The van der Waals surface area contributed by atoms with Crippen LogP contribution in [0.4, 0.5) is 4.39 Å². The van der Waals surface area contributed by atoms with Crippen molar-refractivity contribution in [2.75, 3.05) is 26.0 Å². The van der Waals surface area contributed by atoms with Crippen LogP contribution in [0.3, 0.4) is 0 Å². The van der Waals surface area contributed by atoms with Gasteiger partial charge in [0.25, 0.3) is 5.91 Å². The van der Waals surface area contributed by atoms with Crippen LogP contribution in [0.25, 0.3) is 0 Å². The standard InChI is InChI=1S/C26H31Cl2FN2O4S/c1-16(9-18-10-20(27)12-21(28)11-18)31-7-5-17(6-8-31)15-35-25-14-24(29)23(13-22(25)19-3-4-19)26(32)30-36(2,33)34/h10-14,16-17,19H,3-9,15H2,1-2H3,(H,30,32). The van der Waals surface area contributed by atoms with Gasteiger partial charge >= 0.3 is 0 Å². The Labute approximate surface area is 222 Å². The summed E-state index contributed by atoms with van der Waals surface area (Å²) in [5, 5.41) is 1.29. The molecule has 10 heteroatoms. The van der Waals surface area contributed by atoms with Crippen LogP contribution in [0, 0.1) is 11.7 Å². The number of rotatable bonds is 9. The van der Waals surface area contributed by atoms with Gasteiger partial charge in [0.1, 0.15) is 11.6 Å². The first kappa shape index (κ1) is 27.2. The number of piperidine rings is 1. The van der Waals surface area contributed by atoms with Gasteiger partial charge in [-0.15, -0.1) is 0 Å². The number of nitrogens with zero attached hydrogens (tertiary/aromatic N) is 1. The highest BCUT2D eigenvalue weighted by atomic mass is 35.5.